The topological polar surface area (TPSA) is 18.5 Å². The average molecular weight is 854 g/mol. The monoisotopic (exact) mass is 855 g/mol. The molecule has 1 atom stereocenters. The van der Waals surface area contributed by atoms with Crippen LogP contribution < -0.4 is 14.1 Å². The van der Waals surface area contributed by atoms with Gasteiger partial charge in [-0.15, -0.1) is 0 Å². The Hall–Kier alpha value is -1.71. The van der Waals surface area contributed by atoms with Crippen molar-refractivity contribution in [2.75, 3.05) is 6.61 Å². The third-order valence-electron chi connectivity index (χ3n) is 12.8. The molecule has 0 N–H and O–H groups in total. The number of rotatable bonds is 9. The summed E-state index contributed by atoms with van der Waals surface area (Å²) in [6.07, 6.45) is 1.95. The molecule has 4 heteroatoms. The van der Waals surface area contributed by atoms with E-state index in [-0.39, 0.29) is 16.2 Å². The number of benzene rings is 3. The van der Waals surface area contributed by atoms with Gasteiger partial charge in [-0.1, -0.05) is 0 Å². The van der Waals surface area contributed by atoms with Crippen LogP contribution in [0.5, 0.6) is 0 Å². The molecule has 1 spiro atoms. The summed E-state index contributed by atoms with van der Waals surface area (Å²) in [5.41, 5.74) is 13.2. The Bertz CT molecular complexity index is 1810. The van der Waals surface area contributed by atoms with Crippen molar-refractivity contribution in [2.24, 2.45) is 0 Å². The molecule has 0 radical (unpaired) electrons. The summed E-state index contributed by atoms with van der Waals surface area (Å²) in [5, 5.41) is 1.48. The molecule has 0 aliphatic carbocycles. The molecular formula is C53H81GeO2P. The molecule has 0 bridgehead atoms. The first-order valence-electron chi connectivity index (χ1n) is 22.6. The molecule has 0 saturated carbocycles. The molecule has 57 heavy (non-hydrogen) atoms. The van der Waals surface area contributed by atoms with E-state index in [2.05, 4.69) is 182 Å². The van der Waals surface area contributed by atoms with Crippen LogP contribution in [0.2, 0.25) is 0 Å². The zero-order chi connectivity index (χ0) is 43.0. The van der Waals surface area contributed by atoms with E-state index >= 15 is 0 Å². The molecule has 5 rings (SSSR count). The molecule has 2 saturated heterocycles. The summed E-state index contributed by atoms with van der Waals surface area (Å²) in [6, 6.07) is 15.5. The quantitative estimate of drug-likeness (QED) is 0.158. The molecule has 2 aliphatic rings. The van der Waals surface area contributed by atoms with Crippen LogP contribution in [0.3, 0.4) is 0 Å². The molecule has 0 amide bonds. The van der Waals surface area contributed by atoms with E-state index < -0.39 is 19.4 Å². The van der Waals surface area contributed by atoms with Crippen molar-refractivity contribution in [2.45, 2.75) is 216 Å². The Morgan fingerprint density at radius 3 is 1.16 bits per heavy atom. The summed E-state index contributed by atoms with van der Waals surface area (Å²) in [4.78, 5) is 0. The molecule has 2 heterocycles. The van der Waals surface area contributed by atoms with Gasteiger partial charge in [-0.25, -0.2) is 0 Å². The maximum atomic E-state index is 8.25. The Kier molecular flexibility index (Phi) is 13.2. The van der Waals surface area contributed by atoms with Crippen molar-refractivity contribution in [3.63, 3.8) is 0 Å². The second-order valence-corrected chi connectivity index (χ2v) is 31.1. The van der Waals surface area contributed by atoms with E-state index in [1.165, 1.54) is 63.6 Å². The van der Waals surface area contributed by atoms with Gasteiger partial charge in [-0.2, -0.15) is 0 Å². The fourth-order valence-corrected chi connectivity index (χ4v) is 25.9. The van der Waals surface area contributed by atoms with Gasteiger partial charge in [0.25, 0.3) is 0 Å². The first kappa shape index (κ1) is 46.4. The summed E-state index contributed by atoms with van der Waals surface area (Å²) >= 11 is -4.07. The SMILES string of the molecule is CC(C)c1cc(C(C)C)[c]([Ge]2([c]3c(C(C)C)cc(C(C)C)cc3C(C)C)[O]C3(CCCO3)[C]2=Pc2c(C(C)(C)C)cc(C(C)(C)C)cc2C(C)(C)C)c(C(C)C)c1. The van der Waals surface area contributed by atoms with Crippen LogP contribution >= 0.6 is 8.20 Å². The van der Waals surface area contributed by atoms with Crippen LogP contribution in [0.4, 0.5) is 0 Å². The first-order valence-corrected chi connectivity index (χ1v) is 27.5. The van der Waals surface area contributed by atoms with Crippen molar-refractivity contribution in [3.8, 4) is 0 Å². The molecule has 1 unspecified atom stereocenters. The molecule has 314 valence electrons. The van der Waals surface area contributed by atoms with Gasteiger partial charge in [0, 0.05) is 0 Å². The van der Waals surface area contributed by atoms with Crippen molar-refractivity contribution in [1.29, 1.82) is 0 Å². The number of ether oxygens (including phenoxy) is 1. The van der Waals surface area contributed by atoms with Crippen molar-refractivity contribution >= 4 is 40.0 Å². The Morgan fingerprint density at radius 2 is 0.895 bits per heavy atom. The van der Waals surface area contributed by atoms with E-state index in [4.69, 9.17) is 8.50 Å². The zero-order valence-corrected chi connectivity index (χ0v) is 43.3. The van der Waals surface area contributed by atoms with Gasteiger partial charge in [-0.05, 0) is 0 Å². The third-order valence-corrected chi connectivity index (χ3v) is 25.3. The standard InChI is InChI=1S/C53H81GeO2P/c1-31(2)37-25-40(33(5)6)46(41(26-37)34(7)8)54(47-42(35(9)10)27-38(32(3)4)28-43(47)36(11)12)49(53(56-54)23-22-24-55-53)57-48-44(51(16,17)18)29-39(50(13,14)15)30-45(48)52(19,20)21/h25-36H,22-24H2,1-21H3. The summed E-state index contributed by atoms with van der Waals surface area (Å²) in [6.45, 7) is 51.3. The van der Waals surface area contributed by atoms with Gasteiger partial charge >= 0.3 is 357 Å². The van der Waals surface area contributed by atoms with Crippen LogP contribution in [0, 0.1) is 0 Å². The van der Waals surface area contributed by atoms with Crippen LogP contribution in [0.1, 0.15) is 244 Å². The van der Waals surface area contributed by atoms with E-state index in [0.717, 1.165) is 19.4 Å². The number of hydrogen-bond donors (Lipinski definition) is 0. The molecule has 3 aromatic rings. The fraction of sp³-hybridized carbons (Fsp3) is 0.642. The molecule has 0 aromatic heterocycles. The molecule has 3 aromatic carbocycles. The zero-order valence-electron chi connectivity index (χ0n) is 40.3. The van der Waals surface area contributed by atoms with E-state index in [1.807, 2.05) is 0 Å². The van der Waals surface area contributed by atoms with Crippen molar-refractivity contribution in [1.82, 2.24) is 0 Å². The normalized spacial score (nSPS) is 19.8. The Morgan fingerprint density at radius 1 is 0.526 bits per heavy atom. The minimum absolute atomic E-state index is 0.0342. The number of hydrogen-bond acceptors (Lipinski definition) is 2. The third kappa shape index (κ3) is 8.61. The Labute approximate surface area is 355 Å². The molecule has 2 fully saturated rings. The van der Waals surface area contributed by atoms with Crippen LogP contribution in [0.25, 0.3) is 0 Å². The van der Waals surface area contributed by atoms with Gasteiger partial charge in [0.05, 0.1) is 0 Å². The van der Waals surface area contributed by atoms with Gasteiger partial charge < -0.3 is 0 Å². The second-order valence-electron chi connectivity index (χ2n) is 22.7. The van der Waals surface area contributed by atoms with E-state index in [0.29, 0.717) is 35.5 Å². The maximum absolute atomic E-state index is 8.25. The first-order chi connectivity index (χ1) is 26.1. The van der Waals surface area contributed by atoms with Crippen LogP contribution in [-0.2, 0) is 24.7 Å². The molecular weight excluding hydrogens is 772 g/mol. The van der Waals surface area contributed by atoms with Gasteiger partial charge in [-0.3, -0.25) is 0 Å². The van der Waals surface area contributed by atoms with Crippen molar-refractivity contribution in [3.05, 3.63) is 86.5 Å². The molecule has 2 nitrogen and oxygen atoms in total. The van der Waals surface area contributed by atoms with E-state index in [1.54, 1.807) is 12.9 Å². The predicted molar refractivity (Wildman–Crippen MR) is 256 cm³/mol. The van der Waals surface area contributed by atoms with Crippen molar-refractivity contribution < 1.29 is 8.50 Å². The fourth-order valence-electron chi connectivity index (χ4n) is 9.24. The van der Waals surface area contributed by atoms with Crippen LogP contribution in [0.15, 0.2) is 36.4 Å². The second kappa shape index (κ2) is 16.3. The predicted octanol–water partition coefficient (Wildman–Crippen LogP) is 13.9. The summed E-state index contributed by atoms with van der Waals surface area (Å²) < 4.78 is 20.0. The Balaban J connectivity index is 2.16. The summed E-state index contributed by atoms with van der Waals surface area (Å²) in [5.74, 6) is 1.61. The summed E-state index contributed by atoms with van der Waals surface area (Å²) in [7, 11) is 1.30. The molecule has 2 aliphatic heterocycles. The average Bonchev–Trinajstić information content (AvgIpc) is 3.57. The van der Waals surface area contributed by atoms with E-state index in [9.17, 15) is 0 Å². The van der Waals surface area contributed by atoms with Gasteiger partial charge in [0.1, 0.15) is 0 Å². The van der Waals surface area contributed by atoms with Crippen LogP contribution in [-0.4, -0.2) is 30.1 Å². The van der Waals surface area contributed by atoms with Gasteiger partial charge in [0.2, 0.25) is 0 Å². The van der Waals surface area contributed by atoms with Gasteiger partial charge in [0.15, 0.2) is 0 Å². The minimum atomic E-state index is -4.07.